The summed E-state index contributed by atoms with van der Waals surface area (Å²) in [6, 6.07) is 6.29. The Labute approximate surface area is 97.3 Å². The highest BCUT2D eigenvalue weighted by atomic mass is 16.2. The molecule has 1 saturated carbocycles. The standard InChI is InChI=1S/C14H19NO/c1-4-15(14(16)12-7-8-12)13-9-10(2)5-6-11(13)3/h5-6,9,12H,4,7-8H2,1-3H3. The van der Waals surface area contributed by atoms with E-state index in [2.05, 4.69) is 32.0 Å². The van der Waals surface area contributed by atoms with Crippen molar-refractivity contribution < 1.29 is 4.79 Å². The van der Waals surface area contributed by atoms with E-state index in [-0.39, 0.29) is 0 Å². The predicted molar refractivity (Wildman–Crippen MR) is 66.7 cm³/mol. The van der Waals surface area contributed by atoms with Gasteiger partial charge in [-0.25, -0.2) is 0 Å². The molecule has 2 nitrogen and oxygen atoms in total. The molecule has 1 aliphatic carbocycles. The minimum Gasteiger partial charge on any atom is -0.312 e. The number of amides is 1. The van der Waals surface area contributed by atoms with Crippen LogP contribution in [0.15, 0.2) is 18.2 Å². The minimum absolute atomic E-state index is 0.292. The van der Waals surface area contributed by atoms with E-state index in [1.807, 2.05) is 11.8 Å². The summed E-state index contributed by atoms with van der Waals surface area (Å²) in [5, 5.41) is 0. The summed E-state index contributed by atoms with van der Waals surface area (Å²) in [5.41, 5.74) is 3.48. The zero-order chi connectivity index (χ0) is 11.7. The van der Waals surface area contributed by atoms with Gasteiger partial charge in [-0.2, -0.15) is 0 Å². The molecule has 1 aromatic carbocycles. The van der Waals surface area contributed by atoms with Crippen LogP contribution in [-0.4, -0.2) is 12.5 Å². The Kier molecular flexibility index (Phi) is 2.99. The molecule has 2 heteroatoms. The first-order chi connectivity index (χ1) is 7.63. The fourth-order valence-corrected chi connectivity index (χ4v) is 2.01. The fourth-order valence-electron chi connectivity index (χ4n) is 2.01. The average molecular weight is 217 g/mol. The van der Waals surface area contributed by atoms with Gasteiger partial charge < -0.3 is 4.90 Å². The van der Waals surface area contributed by atoms with Crippen LogP contribution < -0.4 is 4.90 Å². The van der Waals surface area contributed by atoms with E-state index in [1.165, 1.54) is 11.1 Å². The molecule has 0 aromatic heterocycles. The van der Waals surface area contributed by atoms with Crippen molar-refractivity contribution in [3.05, 3.63) is 29.3 Å². The normalized spacial score (nSPS) is 14.9. The molecule has 86 valence electrons. The average Bonchev–Trinajstić information content (AvgIpc) is 3.07. The molecule has 1 amide bonds. The van der Waals surface area contributed by atoms with E-state index in [4.69, 9.17) is 0 Å². The van der Waals surface area contributed by atoms with Gasteiger partial charge in [-0.15, -0.1) is 0 Å². The summed E-state index contributed by atoms with van der Waals surface area (Å²) in [6.45, 7) is 6.94. The van der Waals surface area contributed by atoms with Crippen molar-refractivity contribution in [2.24, 2.45) is 5.92 Å². The van der Waals surface area contributed by atoms with Crippen molar-refractivity contribution in [3.8, 4) is 0 Å². The van der Waals surface area contributed by atoms with Gasteiger partial charge in [0.15, 0.2) is 0 Å². The Morgan fingerprint density at radius 2 is 2.06 bits per heavy atom. The van der Waals surface area contributed by atoms with Gasteiger partial charge in [-0.05, 0) is 50.8 Å². The Morgan fingerprint density at radius 3 is 2.62 bits per heavy atom. The quantitative estimate of drug-likeness (QED) is 0.762. The lowest BCUT2D eigenvalue weighted by Crippen LogP contribution is -2.32. The van der Waals surface area contributed by atoms with Crippen LogP contribution in [0.3, 0.4) is 0 Å². The van der Waals surface area contributed by atoms with Crippen LogP contribution in [0, 0.1) is 19.8 Å². The van der Waals surface area contributed by atoms with E-state index < -0.39 is 0 Å². The third-order valence-corrected chi connectivity index (χ3v) is 3.16. The Hall–Kier alpha value is -1.31. The van der Waals surface area contributed by atoms with Crippen LogP contribution in [0.1, 0.15) is 30.9 Å². The van der Waals surface area contributed by atoms with Crippen molar-refractivity contribution in [2.75, 3.05) is 11.4 Å². The molecule has 0 bridgehead atoms. The number of nitrogens with zero attached hydrogens (tertiary/aromatic N) is 1. The molecule has 16 heavy (non-hydrogen) atoms. The highest BCUT2D eigenvalue weighted by Gasteiger charge is 2.33. The molecule has 0 spiro atoms. The van der Waals surface area contributed by atoms with Gasteiger partial charge >= 0.3 is 0 Å². The number of hydrogen-bond donors (Lipinski definition) is 0. The van der Waals surface area contributed by atoms with Crippen molar-refractivity contribution >= 4 is 11.6 Å². The second-order valence-corrected chi connectivity index (χ2v) is 4.65. The Balaban J connectivity index is 2.31. The van der Waals surface area contributed by atoms with E-state index in [0.717, 1.165) is 25.1 Å². The van der Waals surface area contributed by atoms with Crippen molar-refractivity contribution in [1.82, 2.24) is 0 Å². The molecule has 0 heterocycles. The molecule has 1 fully saturated rings. The molecular formula is C14H19NO. The van der Waals surface area contributed by atoms with Gasteiger partial charge in [0.25, 0.3) is 0 Å². The van der Waals surface area contributed by atoms with Crippen LogP contribution in [0.25, 0.3) is 0 Å². The molecule has 2 rings (SSSR count). The van der Waals surface area contributed by atoms with Gasteiger partial charge in [0.1, 0.15) is 0 Å². The van der Waals surface area contributed by atoms with Gasteiger partial charge in [0.05, 0.1) is 0 Å². The second-order valence-electron chi connectivity index (χ2n) is 4.65. The van der Waals surface area contributed by atoms with E-state index in [0.29, 0.717) is 11.8 Å². The highest BCUT2D eigenvalue weighted by Crippen LogP contribution is 2.33. The third kappa shape index (κ3) is 2.11. The summed E-state index contributed by atoms with van der Waals surface area (Å²) in [4.78, 5) is 14.1. The van der Waals surface area contributed by atoms with Gasteiger partial charge in [-0.1, -0.05) is 12.1 Å². The molecule has 1 aromatic rings. The van der Waals surface area contributed by atoms with Crippen molar-refractivity contribution in [2.45, 2.75) is 33.6 Å². The largest absolute Gasteiger partial charge is 0.312 e. The van der Waals surface area contributed by atoms with Crippen LogP contribution in [0.2, 0.25) is 0 Å². The lowest BCUT2D eigenvalue weighted by molar-refractivity contribution is -0.119. The molecule has 1 aliphatic rings. The van der Waals surface area contributed by atoms with E-state index in [1.54, 1.807) is 0 Å². The topological polar surface area (TPSA) is 20.3 Å². The summed E-state index contributed by atoms with van der Waals surface area (Å²) in [5.74, 6) is 0.594. The maximum atomic E-state index is 12.1. The van der Waals surface area contributed by atoms with Gasteiger partial charge in [-0.3, -0.25) is 4.79 Å². The smallest absolute Gasteiger partial charge is 0.230 e. The first-order valence-corrected chi connectivity index (χ1v) is 6.02. The monoisotopic (exact) mass is 217 g/mol. The maximum Gasteiger partial charge on any atom is 0.230 e. The lowest BCUT2D eigenvalue weighted by Gasteiger charge is -2.23. The van der Waals surface area contributed by atoms with Crippen LogP contribution in [-0.2, 0) is 4.79 Å². The highest BCUT2D eigenvalue weighted by molar-refractivity contribution is 5.97. The van der Waals surface area contributed by atoms with Crippen LogP contribution >= 0.6 is 0 Å². The second kappa shape index (κ2) is 4.28. The number of carbonyl (C=O) groups excluding carboxylic acids is 1. The molecular weight excluding hydrogens is 198 g/mol. The molecule has 0 aliphatic heterocycles. The van der Waals surface area contributed by atoms with E-state index >= 15 is 0 Å². The Bertz CT molecular complexity index is 407. The minimum atomic E-state index is 0.292. The molecule has 0 saturated heterocycles. The summed E-state index contributed by atoms with van der Waals surface area (Å²) in [6.07, 6.45) is 2.14. The van der Waals surface area contributed by atoms with Crippen LogP contribution in [0.4, 0.5) is 5.69 Å². The summed E-state index contributed by atoms with van der Waals surface area (Å²) < 4.78 is 0. The number of hydrogen-bond acceptors (Lipinski definition) is 1. The zero-order valence-electron chi connectivity index (χ0n) is 10.3. The predicted octanol–water partition coefficient (Wildman–Crippen LogP) is 3.07. The first-order valence-electron chi connectivity index (χ1n) is 6.02. The number of rotatable bonds is 3. The number of aryl methyl sites for hydroxylation is 2. The van der Waals surface area contributed by atoms with Crippen molar-refractivity contribution in [3.63, 3.8) is 0 Å². The van der Waals surface area contributed by atoms with Gasteiger partial charge in [0.2, 0.25) is 5.91 Å². The van der Waals surface area contributed by atoms with E-state index in [9.17, 15) is 4.79 Å². The third-order valence-electron chi connectivity index (χ3n) is 3.16. The van der Waals surface area contributed by atoms with Gasteiger partial charge in [0, 0.05) is 18.2 Å². The fraction of sp³-hybridized carbons (Fsp3) is 0.500. The Morgan fingerprint density at radius 1 is 1.38 bits per heavy atom. The number of benzene rings is 1. The summed E-state index contributed by atoms with van der Waals surface area (Å²) >= 11 is 0. The summed E-state index contributed by atoms with van der Waals surface area (Å²) in [7, 11) is 0. The molecule has 0 radical (unpaired) electrons. The first kappa shape index (κ1) is 11.2. The SMILES string of the molecule is CCN(C(=O)C1CC1)c1cc(C)ccc1C. The molecule has 0 unspecified atom stereocenters. The van der Waals surface area contributed by atoms with Crippen LogP contribution in [0.5, 0.6) is 0 Å². The zero-order valence-corrected chi connectivity index (χ0v) is 10.3. The van der Waals surface area contributed by atoms with Crippen molar-refractivity contribution in [1.29, 1.82) is 0 Å². The lowest BCUT2D eigenvalue weighted by atomic mass is 10.1. The molecule has 0 N–H and O–H groups in total. The molecule has 0 atom stereocenters. The maximum absolute atomic E-state index is 12.1. The number of carbonyl (C=O) groups is 1. The number of anilines is 1.